The Morgan fingerprint density at radius 1 is 1.33 bits per heavy atom. The van der Waals surface area contributed by atoms with Crippen molar-refractivity contribution in [2.24, 2.45) is 5.41 Å². The number of benzene rings is 1. The minimum absolute atomic E-state index is 0.0537. The Balaban J connectivity index is 1.83. The van der Waals surface area contributed by atoms with E-state index in [1.54, 1.807) is 12.1 Å². The first-order valence-corrected chi connectivity index (χ1v) is 7.47. The maximum atomic E-state index is 12.4. The third-order valence-corrected chi connectivity index (χ3v) is 4.62. The van der Waals surface area contributed by atoms with Gasteiger partial charge in [0.05, 0.1) is 26.5 Å². The minimum Gasteiger partial charge on any atom is -0.381 e. The number of imidazole rings is 1. The van der Waals surface area contributed by atoms with Crippen molar-refractivity contribution < 1.29 is 9.53 Å². The summed E-state index contributed by atoms with van der Waals surface area (Å²) in [5, 5.41) is 3.71. The lowest BCUT2D eigenvalue weighted by atomic mass is 9.81. The van der Waals surface area contributed by atoms with Gasteiger partial charge in [0.15, 0.2) is 0 Å². The standard InChI is InChI=1S/C14H15Cl2N3O2/c1-14(2-4-21-5-3-14)12(20)19-13-17-10-6-8(15)9(16)7-11(10)18-13/h6-7H,2-5H2,1H3,(H2,17,18,19,20). The second-order valence-electron chi connectivity index (χ2n) is 5.50. The fourth-order valence-corrected chi connectivity index (χ4v) is 2.69. The van der Waals surface area contributed by atoms with Crippen molar-refractivity contribution in [1.29, 1.82) is 0 Å². The maximum Gasteiger partial charge on any atom is 0.232 e. The van der Waals surface area contributed by atoms with E-state index in [1.165, 1.54) is 0 Å². The first-order valence-electron chi connectivity index (χ1n) is 6.72. The summed E-state index contributed by atoms with van der Waals surface area (Å²) in [6.45, 7) is 3.16. The quantitative estimate of drug-likeness (QED) is 0.885. The van der Waals surface area contributed by atoms with Crippen molar-refractivity contribution in [3.8, 4) is 0 Å². The fraction of sp³-hybridized carbons (Fsp3) is 0.429. The Bertz CT molecular complexity index is 654. The number of halogens is 2. The van der Waals surface area contributed by atoms with Crippen LogP contribution in [0, 0.1) is 5.41 Å². The van der Waals surface area contributed by atoms with Crippen LogP contribution in [0.25, 0.3) is 11.0 Å². The van der Waals surface area contributed by atoms with Gasteiger partial charge in [0.1, 0.15) is 0 Å². The van der Waals surface area contributed by atoms with Crippen molar-refractivity contribution >= 4 is 46.1 Å². The summed E-state index contributed by atoms with van der Waals surface area (Å²) in [4.78, 5) is 19.8. The van der Waals surface area contributed by atoms with Crippen LogP contribution in [0.5, 0.6) is 0 Å². The summed E-state index contributed by atoms with van der Waals surface area (Å²) in [5.74, 6) is 0.350. The molecule has 5 nitrogen and oxygen atoms in total. The summed E-state index contributed by atoms with van der Waals surface area (Å²) in [5.41, 5.74) is 0.973. The summed E-state index contributed by atoms with van der Waals surface area (Å²) >= 11 is 11.9. The maximum absolute atomic E-state index is 12.4. The van der Waals surface area contributed by atoms with Crippen LogP contribution in [0.1, 0.15) is 19.8 Å². The van der Waals surface area contributed by atoms with Crippen molar-refractivity contribution in [2.75, 3.05) is 18.5 Å². The number of aromatic amines is 1. The molecule has 2 aromatic rings. The van der Waals surface area contributed by atoms with E-state index in [0.29, 0.717) is 47.6 Å². The number of anilines is 1. The van der Waals surface area contributed by atoms with Crippen molar-refractivity contribution in [1.82, 2.24) is 9.97 Å². The van der Waals surface area contributed by atoms with Gasteiger partial charge in [0, 0.05) is 13.2 Å². The molecule has 2 heterocycles. The molecule has 2 N–H and O–H groups in total. The fourth-order valence-electron chi connectivity index (χ4n) is 2.37. The number of nitrogens with zero attached hydrogens (tertiary/aromatic N) is 1. The first kappa shape index (κ1) is 14.6. The van der Waals surface area contributed by atoms with Crippen molar-refractivity contribution in [2.45, 2.75) is 19.8 Å². The molecular formula is C14H15Cl2N3O2. The molecule has 1 amide bonds. The molecular weight excluding hydrogens is 313 g/mol. The third-order valence-electron chi connectivity index (χ3n) is 3.90. The van der Waals surface area contributed by atoms with E-state index in [2.05, 4.69) is 15.3 Å². The molecule has 1 aromatic heterocycles. The summed E-state index contributed by atoms with van der Waals surface area (Å²) < 4.78 is 5.31. The van der Waals surface area contributed by atoms with Crippen LogP contribution in [-0.2, 0) is 9.53 Å². The SMILES string of the molecule is CC1(C(=O)Nc2nc3cc(Cl)c(Cl)cc3[nH]2)CCOCC1. The van der Waals surface area contributed by atoms with Crippen LogP contribution in [0.3, 0.4) is 0 Å². The van der Waals surface area contributed by atoms with E-state index in [1.807, 2.05) is 6.92 Å². The highest BCUT2D eigenvalue weighted by Crippen LogP contribution is 2.32. The van der Waals surface area contributed by atoms with Crippen LogP contribution < -0.4 is 5.32 Å². The third kappa shape index (κ3) is 2.86. The molecule has 0 saturated carbocycles. The van der Waals surface area contributed by atoms with Crippen molar-refractivity contribution in [3.05, 3.63) is 22.2 Å². The smallest absolute Gasteiger partial charge is 0.232 e. The zero-order valence-electron chi connectivity index (χ0n) is 11.5. The van der Waals surface area contributed by atoms with Gasteiger partial charge in [-0.3, -0.25) is 10.1 Å². The van der Waals surface area contributed by atoms with E-state index in [0.717, 1.165) is 5.52 Å². The molecule has 1 fully saturated rings. The number of carbonyl (C=O) groups is 1. The average Bonchev–Trinajstić information content (AvgIpc) is 2.81. The van der Waals surface area contributed by atoms with E-state index in [9.17, 15) is 4.79 Å². The van der Waals surface area contributed by atoms with Gasteiger partial charge < -0.3 is 9.72 Å². The Morgan fingerprint density at radius 2 is 2.00 bits per heavy atom. The van der Waals surface area contributed by atoms with Crippen LogP contribution in [-0.4, -0.2) is 29.1 Å². The molecule has 0 aliphatic carbocycles. The number of hydrogen-bond acceptors (Lipinski definition) is 3. The van der Waals surface area contributed by atoms with Gasteiger partial charge in [0.2, 0.25) is 11.9 Å². The van der Waals surface area contributed by atoms with Crippen molar-refractivity contribution in [3.63, 3.8) is 0 Å². The lowest BCUT2D eigenvalue weighted by molar-refractivity contribution is -0.129. The number of rotatable bonds is 2. The van der Waals surface area contributed by atoms with Crippen LogP contribution in [0.2, 0.25) is 10.0 Å². The van der Waals surface area contributed by atoms with Crippen LogP contribution >= 0.6 is 23.2 Å². The monoisotopic (exact) mass is 327 g/mol. The molecule has 3 rings (SSSR count). The predicted molar refractivity (Wildman–Crippen MR) is 82.9 cm³/mol. The van der Waals surface area contributed by atoms with Gasteiger partial charge in [-0.05, 0) is 25.0 Å². The van der Waals surface area contributed by atoms with Crippen LogP contribution in [0.4, 0.5) is 5.95 Å². The van der Waals surface area contributed by atoms with E-state index < -0.39 is 5.41 Å². The predicted octanol–water partition coefficient (Wildman–Crippen LogP) is 3.62. The van der Waals surface area contributed by atoms with Gasteiger partial charge in [-0.15, -0.1) is 0 Å². The van der Waals surface area contributed by atoms with Gasteiger partial charge in [-0.2, -0.15) is 0 Å². The molecule has 1 aliphatic rings. The van der Waals surface area contributed by atoms with Gasteiger partial charge >= 0.3 is 0 Å². The molecule has 0 spiro atoms. The number of carbonyl (C=O) groups excluding carboxylic acids is 1. The molecule has 7 heteroatoms. The number of nitrogens with one attached hydrogen (secondary N) is 2. The molecule has 21 heavy (non-hydrogen) atoms. The normalized spacial score (nSPS) is 17.9. The summed E-state index contributed by atoms with van der Waals surface area (Å²) in [7, 11) is 0. The van der Waals surface area contributed by atoms with Crippen LogP contribution in [0.15, 0.2) is 12.1 Å². The average molecular weight is 328 g/mol. The number of ether oxygens (including phenoxy) is 1. The second kappa shape index (κ2) is 5.48. The lowest BCUT2D eigenvalue weighted by Gasteiger charge is -2.31. The molecule has 1 saturated heterocycles. The Hall–Kier alpha value is -1.30. The number of hydrogen-bond donors (Lipinski definition) is 2. The topological polar surface area (TPSA) is 67.0 Å². The number of amides is 1. The number of aromatic nitrogens is 2. The minimum atomic E-state index is -0.424. The van der Waals surface area contributed by atoms with Gasteiger partial charge in [-0.1, -0.05) is 30.1 Å². The largest absolute Gasteiger partial charge is 0.381 e. The zero-order chi connectivity index (χ0) is 15.0. The van der Waals surface area contributed by atoms with E-state index >= 15 is 0 Å². The highest BCUT2D eigenvalue weighted by Gasteiger charge is 2.35. The van der Waals surface area contributed by atoms with E-state index in [-0.39, 0.29) is 5.91 Å². The molecule has 0 bridgehead atoms. The second-order valence-corrected chi connectivity index (χ2v) is 6.31. The van der Waals surface area contributed by atoms with Gasteiger partial charge in [0.25, 0.3) is 0 Å². The number of H-pyrrole nitrogens is 1. The zero-order valence-corrected chi connectivity index (χ0v) is 13.0. The Labute approximate surface area is 132 Å². The Morgan fingerprint density at radius 3 is 2.71 bits per heavy atom. The lowest BCUT2D eigenvalue weighted by Crippen LogP contribution is -2.38. The summed E-state index contributed by atoms with van der Waals surface area (Å²) in [6, 6.07) is 3.36. The highest BCUT2D eigenvalue weighted by atomic mass is 35.5. The first-order chi connectivity index (χ1) is 9.98. The molecule has 0 unspecified atom stereocenters. The highest BCUT2D eigenvalue weighted by molar-refractivity contribution is 6.42. The van der Waals surface area contributed by atoms with E-state index in [4.69, 9.17) is 27.9 Å². The molecule has 0 atom stereocenters. The molecule has 112 valence electrons. The van der Waals surface area contributed by atoms with Gasteiger partial charge in [-0.25, -0.2) is 4.98 Å². The Kier molecular flexibility index (Phi) is 3.82. The molecule has 0 radical (unpaired) electrons. The summed E-state index contributed by atoms with van der Waals surface area (Å²) in [6.07, 6.45) is 1.41. The molecule has 1 aliphatic heterocycles. The molecule has 1 aromatic carbocycles. The number of fused-ring (bicyclic) bond motifs is 1.